The van der Waals surface area contributed by atoms with Crippen LogP contribution in [-0.2, 0) is 11.1 Å². The molecular weight excluding hydrogens is 1460 g/mol. The van der Waals surface area contributed by atoms with E-state index in [1.807, 2.05) is 0 Å². The Bertz CT molecular complexity index is 3400. The van der Waals surface area contributed by atoms with E-state index in [0.717, 1.165) is 20.7 Å². The van der Waals surface area contributed by atoms with Crippen molar-refractivity contribution >= 4 is 67.3 Å². The van der Waals surface area contributed by atoms with Crippen molar-refractivity contribution in [1.82, 2.24) is 82.2 Å². The zero-order valence-corrected chi connectivity index (χ0v) is 72.2. The molecule has 0 aromatic heterocycles. The maximum Gasteiger partial charge on any atom is 0.569 e. The fraction of sp³-hybridized carbons (Fsp3) is 0.733. The van der Waals surface area contributed by atoms with Crippen LogP contribution in [0.25, 0.3) is 0 Å². The van der Waals surface area contributed by atoms with Gasteiger partial charge in [0.25, 0.3) is 0 Å². The maximum absolute atomic E-state index is 9.38. The number of hydrogen-bond donors (Lipinski definition) is 14. The second-order valence-electron chi connectivity index (χ2n) is 39.9. The quantitative estimate of drug-likeness (QED) is 0.0602. The summed E-state index contributed by atoms with van der Waals surface area (Å²) in [6, 6.07) is 46.3. The van der Waals surface area contributed by atoms with Gasteiger partial charge < -0.3 is 18.8 Å². The van der Waals surface area contributed by atoms with Gasteiger partial charge in [0.05, 0.1) is 74.0 Å². The molecule has 113 heavy (non-hydrogen) atoms. The predicted octanol–water partition coefficient (Wildman–Crippen LogP) is 8.45. The van der Waals surface area contributed by atoms with Gasteiger partial charge >= 0.3 is 46.5 Å². The minimum atomic E-state index is -4.02. The Morgan fingerprint density at radius 2 is 0.372 bits per heavy atom. The second kappa shape index (κ2) is 32.8. The lowest BCUT2D eigenvalue weighted by Crippen LogP contribution is -2.78. The average Bonchev–Trinajstić information content (AvgIpc) is 1.40. The van der Waals surface area contributed by atoms with Crippen LogP contribution < -0.4 is 95.2 Å². The Balaban J connectivity index is 0.676. The van der Waals surface area contributed by atoms with Crippen LogP contribution in [0.2, 0.25) is 11.6 Å². The lowest BCUT2D eigenvalue weighted by atomic mass is 9.76. The van der Waals surface area contributed by atoms with E-state index in [4.69, 9.17) is 28.2 Å². The smallest absolute Gasteiger partial charge is 0.506 e. The molecule has 18 aliphatic rings. The Hall–Kier alpha value is -2.38. The molecule has 0 amide bonds. The number of nitrogens with one attached hydrogen (secondary N) is 14. The highest BCUT2D eigenvalue weighted by molar-refractivity contribution is 7.07. The summed E-state index contributed by atoms with van der Waals surface area (Å²) in [6.45, 7) is 0. The highest BCUT2D eigenvalue weighted by Crippen LogP contribution is 2.52. The molecule has 16 bridgehead atoms. The van der Waals surface area contributed by atoms with Crippen LogP contribution in [0.3, 0.4) is 0 Å². The standard InChI is InChI=1S/2C32H55N8.C24H20O3Si2.2CH3.2Al/c2*1-2-10-18-17(9-1)25-33-26(18)38-28-21-13-5-6-14-22(21)30(35-28)40-32-24-16-8-7-15-23(24)31(36-32)39-29-20-12-4-3-11-19(20)27(34-29)37-25;25-28(21-13-5-1-6-14-21,22-15-7-2-8-16-22)27-29(26,23-17-9-3-10-18-23)24-19-11-4-12-20-24;;;;/h2*17-35,37-40H,1-16H2;1-20H;2*1H3;;/q2*-1;-2;;;2*+2. The van der Waals surface area contributed by atoms with Gasteiger partial charge in [-0.3, -0.25) is 74.4 Å². The van der Waals surface area contributed by atoms with Crippen LogP contribution in [0.4, 0.5) is 0 Å². The Morgan fingerprint density at radius 1 is 0.221 bits per heavy atom. The van der Waals surface area contributed by atoms with Gasteiger partial charge in [-0.2, -0.15) is 0 Å². The fourth-order valence-corrected chi connectivity index (χ4v) is 47.5. The Labute approximate surface area is 687 Å². The number of benzene rings is 4. The molecule has 8 aliphatic carbocycles. The van der Waals surface area contributed by atoms with E-state index < -0.39 is 46.5 Å². The summed E-state index contributed by atoms with van der Waals surface area (Å²) in [4.78, 5) is 0. The van der Waals surface area contributed by atoms with Crippen molar-refractivity contribution in [3.63, 3.8) is 0 Å². The van der Waals surface area contributed by atoms with E-state index in [2.05, 4.69) is 194 Å². The zero-order chi connectivity index (χ0) is 74.9. The van der Waals surface area contributed by atoms with Gasteiger partial charge in [-0.15, -0.1) is 0 Å². The second-order valence-corrected chi connectivity index (χ2v) is 50.9. The SMILES string of the molecule is [CH3][Al]([O][Si](O[Si]([O][Al]([CH3])[N]1C2NC3NC(NC4NC(NC5NC(NC1C1CCCCC12)C1CCCCC51)C1CCCCC41)C1CCCCC31)(c1ccccc1)c1ccccc1)(c1ccccc1)c1ccccc1)[N]1C2NC3NC(NC4NC(NC5NC(NC1C1CCCCC12)C1CCCCC51)C1CCCCC41)C1CCCCC31. The third-order valence-corrected chi connectivity index (χ3v) is 49.5. The van der Waals surface area contributed by atoms with Gasteiger partial charge in [-0.1, -0.05) is 236 Å². The molecule has 4 aromatic carbocycles. The summed E-state index contributed by atoms with van der Waals surface area (Å²) >= 11 is -5.35. The molecule has 608 valence electrons. The summed E-state index contributed by atoms with van der Waals surface area (Å²) in [5, 5.41) is 68.4. The van der Waals surface area contributed by atoms with Crippen molar-refractivity contribution in [3.8, 4) is 0 Å². The van der Waals surface area contributed by atoms with E-state index in [0.29, 0.717) is 119 Å². The van der Waals surface area contributed by atoms with Crippen LogP contribution in [0.15, 0.2) is 121 Å². The van der Waals surface area contributed by atoms with Gasteiger partial charge in [0.1, 0.15) is 0 Å². The third-order valence-electron chi connectivity index (χ3n) is 34.5. The van der Waals surface area contributed by atoms with Crippen molar-refractivity contribution in [2.24, 2.45) is 94.7 Å². The van der Waals surface area contributed by atoms with Crippen LogP contribution in [-0.4, -0.2) is 153 Å². The molecule has 14 N–H and O–H groups in total. The molecule has 10 heterocycles. The first-order valence-corrected chi connectivity index (χ1v) is 55.2. The largest absolute Gasteiger partial charge is 0.569 e. The molecule has 23 heteroatoms. The summed E-state index contributed by atoms with van der Waals surface area (Å²) in [7, 11) is -8.04. The Kier molecular flexibility index (Phi) is 22.3. The van der Waals surface area contributed by atoms with Gasteiger partial charge in [0.15, 0.2) is 0 Å². The molecule has 10 aliphatic heterocycles. The molecule has 32 unspecified atom stereocenters. The molecule has 8 saturated carbocycles. The van der Waals surface area contributed by atoms with Gasteiger partial charge in [-0.05, 0) is 218 Å². The number of nitrogens with zero attached hydrogens (tertiary/aromatic N) is 2. The van der Waals surface area contributed by atoms with E-state index in [-0.39, 0.29) is 74.0 Å². The van der Waals surface area contributed by atoms with Gasteiger partial charge in [-0.25, -0.2) is 0 Å². The highest BCUT2D eigenvalue weighted by atomic mass is 28.5. The first-order chi connectivity index (χ1) is 55.8. The molecule has 0 spiro atoms. The maximum atomic E-state index is 9.38. The van der Waals surface area contributed by atoms with Crippen molar-refractivity contribution in [2.75, 3.05) is 0 Å². The van der Waals surface area contributed by atoms with Crippen molar-refractivity contribution < 1.29 is 11.1 Å². The number of fused-ring (bicyclic) bond motifs is 40. The van der Waals surface area contributed by atoms with E-state index in [9.17, 15) is 4.12 Å². The van der Waals surface area contributed by atoms with Crippen molar-refractivity contribution in [2.45, 2.75) is 316 Å². The molecule has 4 aromatic rings. The van der Waals surface area contributed by atoms with E-state index >= 15 is 0 Å². The molecule has 19 nitrogen and oxygen atoms in total. The Morgan fingerprint density at radius 3 is 0.540 bits per heavy atom. The van der Waals surface area contributed by atoms with E-state index in [1.54, 1.807) is 0 Å². The first kappa shape index (κ1) is 76.7. The zero-order valence-electron chi connectivity index (χ0n) is 67.9. The predicted molar refractivity (Wildman–Crippen MR) is 454 cm³/mol. The summed E-state index contributed by atoms with van der Waals surface area (Å²) in [6.07, 6.45) is 44.6. The van der Waals surface area contributed by atoms with Crippen LogP contribution in [0.5, 0.6) is 0 Å². The fourth-order valence-electron chi connectivity index (χ4n) is 29.6. The topological polar surface area (TPSA) is 203 Å². The highest BCUT2D eigenvalue weighted by Gasteiger charge is 2.65. The molecule has 0 radical (unpaired) electrons. The van der Waals surface area contributed by atoms with E-state index in [1.165, 1.54) is 205 Å². The summed E-state index contributed by atoms with van der Waals surface area (Å²) in [5.41, 5.74) is 0. The first-order valence-electron chi connectivity index (χ1n) is 47.2. The monoisotopic (exact) mass is 1600 g/mol. The van der Waals surface area contributed by atoms with Crippen LogP contribution >= 0.6 is 0 Å². The normalized spacial score (nSPS) is 44.9. The minimum Gasteiger partial charge on any atom is -0.506 e. The van der Waals surface area contributed by atoms with Gasteiger partial charge in [0, 0.05) is 24.7 Å². The van der Waals surface area contributed by atoms with Crippen LogP contribution in [0, 0.1) is 94.7 Å². The number of hydrogen-bond acceptors (Lipinski definition) is 19. The van der Waals surface area contributed by atoms with Gasteiger partial charge in [0.2, 0.25) is 0 Å². The lowest BCUT2D eigenvalue weighted by Gasteiger charge is -2.48. The van der Waals surface area contributed by atoms with Crippen molar-refractivity contribution in [1.29, 1.82) is 0 Å². The third kappa shape index (κ3) is 14.0. The molecular formula is C90H136Al2N16O3Si2. The molecule has 18 fully saturated rings. The lowest BCUT2D eigenvalue weighted by molar-refractivity contribution is 0.137. The average molecular weight is 1600 g/mol. The minimum absolute atomic E-state index is 0.104. The molecule has 10 saturated heterocycles. The number of rotatable bonds is 12. The van der Waals surface area contributed by atoms with Crippen LogP contribution in [0.1, 0.15) is 205 Å². The molecule has 22 rings (SSSR count). The summed E-state index contributed by atoms with van der Waals surface area (Å²) < 4.78 is 33.8. The van der Waals surface area contributed by atoms with Crippen molar-refractivity contribution in [3.05, 3.63) is 121 Å². The summed E-state index contributed by atoms with van der Waals surface area (Å²) in [5.74, 6) is 14.1. The molecule has 32 atom stereocenters.